The highest BCUT2D eigenvalue weighted by molar-refractivity contribution is 6.04. The lowest BCUT2D eigenvalue weighted by atomic mass is 10.1. The van der Waals surface area contributed by atoms with Gasteiger partial charge in [0.2, 0.25) is 0 Å². The molecule has 2 aromatic carbocycles. The molecule has 0 saturated carbocycles. The molecule has 2 rings (SSSR count). The van der Waals surface area contributed by atoms with Crippen molar-refractivity contribution in [3.05, 3.63) is 59.7 Å². The van der Waals surface area contributed by atoms with Gasteiger partial charge in [-0.25, -0.2) is 0 Å². The van der Waals surface area contributed by atoms with Gasteiger partial charge >= 0.3 is 0 Å². The highest BCUT2D eigenvalue weighted by Gasteiger charge is 2.09. The largest absolute Gasteiger partial charge is 0.494 e. The average Bonchev–Trinajstić information content (AvgIpc) is 2.53. The van der Waals surface area contributed by atoms with Crippen molar-refractivity contribution in [2.75, 3.05) is 11.9 Å². The number of rotatable bonds is 6. The number of carbonyl (C=O) groups excluding carboxylic acids is 1. The van der Waals surface area contributed by atoms with E-state index >= 15 is 0 Å². The van der Waals surface area contributed by atoms with Gasteiger partial charge in [0, 0.05) is 11.3 Å². The number of carbonyl (C=O) groups is 1. The van der Waals surface area contributed by atoms with Crippen LogP contribution in [0.5, 0.6) is 5.75 Å². The molecule has 3 nitrogen and oxygen atoms in total. The lowest BCUT2D eigenvalue weighted by Crippen LogP contribution is -2.13. The fourth-order valence-corrected chi connectivity index (χ4v) is 2.09. The first-order valence-corrected chi connectivity index (χ1v) is 7.36. The van der Waals surface area contributed by atoms with Crippen LogP contribution in [0.2, 0.25) is 0 Å². The Morgan fingerprint density at radius 2 is 1.90 bits per heavy atom. The minimum absolute atomic E-state index is 0.113. The van der Waals surface area contributed by atoms with E-state index in [0.29, 0.717) is 12.2 Å². The molecule has 0 aliphatic carbocycles. The predicted molar refractivity (Wildman–Crippen MR) is 86.0 cm³/mol. The molecule has 0 radical (unpaired) electrons. The standard InChI is InChI=1S/C18H21NO2/c1-3-12-21-16-10-7-9-15(13-16)18(20)19-17-11-6-5-8-14(17)4-2/h5-11,13H,3-4,12H2,1-2H3,(H,19,20). The first-order valence-electron chi connectivity index (χ1n) is 7.36. The fraction of sp³-hybridized carbons (Fsp3) is 0.278. The van der Waals surface area contributed by atoms with Gasteiger partial charge in [-0.3, -0.25) is 4.79 Å². The van der Waals surface area contributed by atoms with Crippen molar-refractivity contribution in [2.45, 2.75) is 26.7 Å². The van der Waals surface area contributed by atoms with Gasteiger partial charge in [-0.2, -0.15) is 0 Å². The van der Waals surface area contributed by atoms with Gasteiger partial charge in [-0.15, -0.1) is 0 Å². The maximum atomic E-state index is 12.3. The van der Waals surface area contributed by atoms with Crippen molar-refractivity contribution in [3.8, 4) is 5.75 Å². The second kappa shape index (κ2) is 7.48. The van der Waals surface area contributed by atoms with Crippen LogP contribution in [0.3, 0.4) is 0 Å². The second-order valence-corrected chi connectivity index (χ2v) is 4.84. The van der Waals surface area contributed by atoms with Crippen molar-refractivity contribution >= 4 is 11.6 Å². The third-order valence-electron chi connectivity index (χ3n) is 3.22. The Hall–Kier alpha value is -2.29. The summed E-state index contributed by atoms with van der Waals surface area (Å²) in [6.45, 7) is 4.78. The normalized spacial score (nSPS) is 10.2. The fourth-order valence-electron chi connectivity index (χ4n) is 2.09. The predicted octanol–water partition coefficient (Wildman–Crippen LogP) is 4.29. The van der Waals surface area contributed by atoms with E-state index in [0.717, 1.165) is 29.8 Å². The highest BCUT2D eigenvalue weighted by atomic mass is 16.5. The third-order valence-corrected chi connectivity index (χ3v) is 3.22. The molecule has 0 aliphatic rings. The highest BCUT2D eigenvalue weighted by Crippen LogP contribution is 2.18. The quantitative estimate of drug-likeness (QED) is 0.858. The summed E-state index contributed by atoms with van der Waals surface area (Å²) in [5, 5.41) is 2.97. The maximum Gasteiger partial charge on any atom is 0.255 e. The van der Waals surface area contributed by atoms with Crippen LogP contribution in [0.25, 0.3) is 0 Å². The summed E-state index contributed by atoms with van der Waals surface area (Å²) in [5.41, 5.74) is 2.60. The molecule has 110 valence electrons. The van der Waals surface area contributed by atoms with E-state index in [1.807, 2.05) is 36.4 Å². The first kappa shape index (κ1) is 15.1. The number of amides is 1. The van der Waals surface area contributed by atoms with E-state index in [4.69, 9.17) is 4.74 Å². The number of ether oxygens (including phenoxy) is 1. The Bertz CT molecular complexity index is 608. The summed E-state index contributed by atoms with van der Waals surface area (Å²) in [6.07, 6.45) is 1.83. The SMILES string of the molecule is CCCOc1cccc(C(=O)Nc2ccccc2CC)c1. The first-order chi connectivity index (χ1) is 10.2. The van der Waals surface area contributed by atoms with E-state index in [9.17, 15) is 4.79 Å². The number of anilines is 1. The van der Waals surface area contributed by atoms with Crippen molar-refractivity contribution < 1.29 is 9.53 Å². The smallest absolute Gasteiger partial charge is 0.255 e. The van der Waals surface area contributed by atoms with Crippen LogP contribution in [0, 0.1) is 0 Å². The molecular formula is C18H21NO2. The maximum absolute atomic E-state index is 12.3. The Labute approximate surface area is 126 Å². The summed E-state index contributed by atoms with van der Waals surface area (Å²) >= 11 is 0. The van der Waals surface area contributed by atoms with Crippen molar-refractivity contribution in [3.63, 3.8) is 0 Å². The van der Waals surface area contributed by atoms with Crippen LogP contribution < -0.4 is 10.1 Å². The number of para-hydroxylation sites is 1. The van der Waals surface area contributed by atoms with Gasteiger partial charge in [0.15, 0.2) is 0 Å². The zero-order chi connectivity index (χ0) is 15.1. The third kappa shape index (κ3) is 4.09. The minimum Gasteiger partial charge on any atom is -0.494 e. The number of benzene rings is 2. The van der Waals surface area contributed by atoms with Crippen molar-refractivity contribution in [1.82, 2.24) is 0 Å². The Morgan fingerprint density at radius 1 is 1.10 bits per heavy atom. The molecule has 0 heterocycles. The van der Waals surface area contributed by atoms with Crippen LogP contribution in [-0.2, 0) is 6.42 Å². The number of aryl methyl sites for hydroxylation is 1. The van der Waals surface area contributed by atoms with Gasteiger partial charge in [0.25, 0.3) is 5.91 Å². The van der Waals surface area contributed by atoms with Gasteiger partial charge in [0.1, 0.15) is 5.75 Å². The summed E-state index contributed by atoms with van der Waals surface area (Å²) in [4.78, 5) is 12.3. The number of hydrogen-bond acceptors (Lipinski definition) is 2. The lowest BCUT2D eigenvalue weighted by molar-refractivity contribution is 0.102. The molecule has 2 aromatic rings. The molecule has 0 aliphatic heterocycles. The average molecular weight is 283 g/mol. The molecule has 1 amide bonds. The van der Waals surface area contributed by atoms with E-state index in [1.165, 1.54) is 0 Å². The van der Waals surface area contributed by atoms with Crippen LogP contribution in [0.4, 0.5) is 5.69 Å². The van der Waals surface area contributed by atoms with Crippen molar-refractivity contribution in [1.29, 1.82) is 0 Å². The van der Waals surface area contributed by atoms with Crippen LogP contribution >= 0.6 is 0 Å². The molecule has 1 N–H and O–H groups in total. The lowest BCUT2D eigenvalue weighted by Gasteiger charge is -2.10. The molecular weight excluding hydrogens is 262 g/mol. The molecule has 0 unspecified atom stereocenters. The summed E-state index contributed by atoms with van der Waals surface area (Å²) in [5.74, 6) is 0.617. The van der Waals surface area contributed by atoms with E-state index < -0.39 is 0 Å². The van der Waals surface area contributed by atoms with Crippen molar-refractivity contribution in [2.24, 2.45) is 0 Å². The molecule has 0 fully saturated rings. The zero-order valence-electron chi connectivity index (χ0n) is 12.6. The van der Waals surface area contributed by atoms with Crippen LogP contribution in [-0.4, -0.2) is 12.5 Å². The second-order valence-electron chi connectivity index (χ2n) is 4.84. The van der Waals surface area contributed by atoms with Gasteiger partial charge < -0.3 is 10.1 Å². The molecule has 0 spiro atoms. The van der Waals surface area contributed by atoms with Crippen LogP contribution in [0.15, 0.2) is 48.5 Å². The zero-order valence-corrected chi connectivity index (χ0v) is 12.6. The number of nitrogens with one attached hydrogen (secondary N) is 1. The van der Waals surface area contributed by atoms with E-state index in [2.05, 4.69) is 19.2 Å². The molecule has 0 saturated heterocycles. The topological polar surface area (TPSA) is 38.3 Å². The van der Waals surface area contributed by atoms with E-state index in [1.54, 1.807) is 12.1 Å². The summed E-state index contributed by atoms with van der Waals surface area (Å²) in [7, 11) is 0. The number of hydrogen-bond donors (Lipinski definition) is 1. The molecule has 21 heavy (non-hydrogen) atoms. The van der Waals surface area contributed by atoms with Gasteiger partial charge in [-0.1, -0.05) is 38.1 Å². The monoisotopic (exact) mass is 283 g/mol. The van der Waals surface area contributed by atoms with E-state index in [-0.39, 0.29) is 5.91 Å². The molecule has 3 heteroatoms. The minimum atomic E-state index is -0.113. The molecule has 0 bridgehead atoms. The Morgan fingerprint density at radius 3 is 2.67 bits per heavy atom. The Kier molecular flexibility index (Phi) is 5.38. The van der Waals surface area contributed by atoms with Gasteiger partial charge in [-0.05, 0) is 42.7 Å². The molecule has 0 aromatic heterocycles. The molecule has 0 atom stereocenters. The Balaban J connectivity index is 2.13. The summed E-state index contributed by atoms with van der Waals surface area (Å²) in [6, 6.07) is 15.1. The summed E-state index contributed by atoms with van der Waals surface area (Å²) < 4.78 is 5.56. The van der Waals surface area contributed by atoms with Crippen LogP contribution in [0.1, 0.15) is 36.2 Å². The van der Waals surface area contributed by atoms with Gasteiger partial charge in [0.05, 0.1) is 6.61 Å².